The predicted octanol–water partition coefficient (Wildman–Crippen LogP) is 4.05. The minimum atomic E-state index is 0.460. The molecule has 5 nitrogen and oxygen atoms in total. The quantitative estimate of drug-likeness (QED) is 0.589. The third-order valence-corrected chi connectivity index (χ3v) is 5.46. The van der Waals surface area contributed by atoms with Crippen LogP contribution in [0.5, 0.6) is 11.5 Å². The largest absolute Gasteiger partial charge is 0.493 e. The Morgan fingerprint density at radius 3 is 2.72 bits per heavy atom. The Morgan fingerprint density at radius 1 is 1.17 bits per heavy atom. The minimum absolute atomic E-state index is 0.460. The van der Waals surface area contributed by atoms with Crippen LogP contribution in [-0.2, 0) is 17.9 Å². The molecule has 0 amide bonds. The molecule has 0 atom stereocenters. The van der Waals surface area contributed by atoms with E-state index >= 15 is 0 Å². The molecule has 3 rings (SSSR count). The molecule has 1 aliphatic rings. The van der Waals surface area contributed by atoms with Crippen molar-refractivity contribution in [3.8, 4) is 11.5 Å². The van der Waals surface area contributed by atoms with Gasteiger partial charge in [0.25, 0.3) is 0 Å². The first-order valence-electron chi connectivity index (χ1n) is 10.2. The maximum absolute atomic E-state index is 6.51. The molecular formula is C23H31ClN2O3. The van der Waals surface area contributed by atoms with Crippen molar-refractivity contribution in [1.82, 2.24) is 10.2 Å². The van der Waals surface area contributed by atoms with Crippen LogP contribution in [0.1, 0.15) is 23.1 Å². The smallest absolute Gasteiger partial charge is 0.180 e. The third kappa shape index (κ3) is 6.61. The highest BCUT2D eigenvalue weighted by molar-refractivity contribution is 6.32. The van der Waals surface area contributed by atoms with E-state index < -0.39 is 0 Å². The zero-order valence-electron chi connectivity index (χ0n) is 17.4. The van der Waals surface area contributed by atoms with Gasteiger partial charge >= 0.3 is 0 Å². The van der Waals surface area contributed by atoms with Crippen molar-refractivity contribution in [2.45, 2.75) is 26.5 Å². The number of methoxy groups -OCH3 is 1. The summed E-state index contributed by atoms with van der Waals surface area (Å²) in [4.78, 5) is 2.45. The molecule has 2 aromatic carbocycles. The van der Waals surface area contributed by atoms with Gasteiger partial charge in [-0.25, -0.2) is 0 Å². The summed E-state index contributed by atoms with van der Waals surface area (Å²) < 4.78 is 16.9. The summed E-state index contributed by atoms with van der Waals surface area (Å²) in [7, 11) is 1.64. The lowest BCUT2D eigenvalue weighted by Crippen LogP contribution is -2.37. The van der Waals surface area contributed by atoms with Crippen molar-refractivity contribution in [2.75, 3.05) is 46.5 Å². The van der Waals surface area contributed by atoms with Gasteiger partial charge in [-0.3, -0.25) is 4.90 Å². The molecule has 6 heteroatoms. The van der Waals surface area contributed by atoms with Crippen LogP contribution in [0.3, 0.4) is 0 Å². The van der Waals surface area contributed by atoms with Gasteiger partial charge in [0.2, 0.25) is 0 Å². The van der Waals surface area contributed by atoms with Gasteiger partial charge in [-0.2, -0.15) is 0 Å². The Balaban J connectivity index is 1.50. The van der Waals surface area contributed by atoms with Gasteiger partial charge in [-0.05, 0) is 55.3 Å². The van der Waals surface area contributed by atoms with E-state index in [-0.39, 0.29) is 0 Å². The van der Waals surface area contributed by atoms with E-state index in [0.717, 1.165) is 63.5 Å². The number of benzene rings is 2. The zero-order chi connectivity index (χ0) is 20.5. The SMILES string of the molecule is COc1cc(CNCCCN2CCOCC2)cc(Cl)c1OCc1ccccc1C. The number of nitrogens with zero attached hydrogens (tertiary/aromatic N) is 1. The number of rotatable bonds is 10. The number of hydrogen-bond donors (Lipinski definition) is 1. The molecule has 0 bridgehead atoms. The number of hydrogen-bond acceptors (Lipinski definition) is 5. The maximum Gasteiger partial charge on any atom is 0.180 e. The van der Waals surface area contributed by atoms with Crippen LogP contribution in [0, 0.1) is 6.92 Å². The summed E-state index contributed by atoms with van der Waals surface area (Å²) in [6, 6.07) is 12.1. The van der Waals surface area contributed by atoms with E-state index in [0.29, 0.717) is 23.1 Å². The van der Waals surface area contributed by atoms with Crippen LogP contribution < -0.4 is 14.8 Å². The molecule has 1 aliphatic heterocycles. The molecular weight excluding hydrogens is 388 g/mol. The molecule has 0 aromatic heterocycles. The van der Waals surface area contributed by atoms with Crippen molar-refractivity contribution in [2.24, 2.45) is 0 Å². The standard InChI is InChI=1S/C23H31ClN2O3/c1-18-6-3-4-7-20(18)17-29-23-21(24)14-19(15-22(23)27-2)16-25-8-5-9-26-10-12-28-13-11-26/h3-4,6-7,14-15,25H,5,8-13,16-17H2,1-2H3. The summed E-state index contributed by atoms with van der Waals surface area (Å²) in [6.07, 6.45) is 1.11. The first-order valence-corrected chi connectivity index (χ1v) is 10.6. The highest BCUT2D eigenvalue weighted by Gasteiger charge is 2.13. The van der Waals surface area contributed by atoms with Gasteiger partial charge in [0.05, 0.1) is 25.3 Å². The van der Waals surface area contributed by atoms with Gasteiger partial charge in [0.1, 0.15) is 6.61 Å². The lowest BCUT2D eigenvalue weighted by molar-refractivity contribution is 0.0374. The van der Waals surface area contributed by atoms with Crippen molar-refractivity contribution < 1.29 is 14.2 Å². The summed E-state index contributed by atoms with van der Waals surface area (Å²) >= 11 is 6.51. The average Bonchev–Trinajstić information content (AvgIpc) is 2.74. The van der Waals surface area contributed by atoms with Gasteiger partial charge in [0, 0.05) is 19.6 Å². The topological polar surface area (TPSA) is 43.0 Å². The van der Waals surface area contributed by atoms with Crippen LogP contribution in [0.15, 0.2) is 36.4 Å². The average molecular weight is 419 g/mol. The van der Waals surface area contributed by atoms with Crippen LogP contribution in [-0.4, -0.2) is 51.4 Å². The van der Waals surface area contributed by atoms with Crippen LogP contribution >= 0.6 is 11.6 Å². The van der Waals surface area contributed by atoms with Crippen molar-refractivity contribution in [1.29, 1.82) is 0 Å². The van der Waals surface area contributed by atoms with Gasteiger partial charge in [0.15, 0.2) is 11.5 Å². The number of morpholine rings is 1. The first kappa shape index (κ1) is 21.9. The highest BCUT2D eigenvalue weighted by Crippen LogP contribution is 2.37. The summed E-state index contributed by atoms with van der Waals surface area (Å²) in [5, 5.41) is 4.06. The van der Waals surface area contributed by atoms with Gasteiger partial charge in [-0.15, -0.1) is 0 Å². The summed E-state index contributed by atoms with van der Waals surface area (Å²) in [6.45, 7) is 9.13. The van der Waals surface area contributed by atoms with E-state index in [1.165, 1.54) is 5.56 Å². The normalized spacial score (nSPS) is 14.7. The fourth-order valence-electron chi connectivity index (χ4n) is 3.42. The second-order valence-corrected chi connectivity index (χ2v) is 7.72. The van der Waals surface area contributed by atoms with E-state index in [2.05, 4.69) is 29.3 Å². The Kier molecular flexibility index (Phi) is 8.62. The molecule has 1 N–H and O–H groups in total. The van der Waals surface area contributed by atoms with Gasteiger partial charge in [-0.1, -0.05) is 35.9 Å². The summed E-state index contributed by atoms with van der Waals surface area (Å²) in [5.41, 5.74) is 3.42. The number of aryl methyl sites for hydroxylation is 1. The fourth-order valence-corrected chi connectivity index (χ4v) is 3.71. The minimum Gasteiger partial charge on any atom is -0.493 e. The second kappa shape index (κ2) is 11.4. The van der Waals surface area contributed by atoms with Crippen molar-refractivity contribution >= 4 is 11.6 Å². The number of ether oxygens (including phenoxy) is 3. The van der Waals surface area contributed by atoms with Crippen LogP contribution in [0.4, 0.5) is 0 Å². The van der Waals surface area contributed by atoms with E-state index in [9.17, 15) is 0 Å². The van der Waals surface area contributed by atoms with Crippen molar-refractivity contribution in [3.05, 3.63) is 58.1 Å². The lowest BCUT2D eigenvalue weighted by atomic mass is 10.1. The Hall–Kier alpha value is -1.79. The predicted molar refractivity (Wildman–Crippen MR) is 117 cm³/mol. The molecule has 0 saturated carbocycles. The monoisotopic (exact) mass is 418 g/mol. The molecule has 1 saturated heterocycles. The molecule has 0 radical (unpaired) electrons. The Labute approximate surface area is 178 Å². The van der Waals surface area contributed by atoms with Crippen LogP contribution in [0.25, 0.3) is 0 Å². The Bertz CT molecular complexity index is 779. The Morgan fingerprint density at radius 2 is 1.97 bits per heavy atom. The molecule has 158 valence electrons. The molecule has 1 fully saturated rings. The van der Waals surface area contributed by atoms with Gasteiger partial charge < -0.3 is 19.5 Å². The van der Waals surface area contributed by atoms with Crippen LogP contribution in [0.2, 0.25) is 5.02 Å². The first-order chi connectivity index (χ1) is 14.2. The molecule has 0 spiro atoms. The lowest BCUT2D eigenvalue weighted by Gasteiger charge is -2.26. The third-order valence-electron chi connectivity index (χ3n) is 5.18. The maximum atomic E-state index is 6.51. The number of halogens is 1. The molecule has 0 aliphatic carbocycles. The highest BCUT2D eigenvalue weighted by atomic mass is 35.5. The molecule has 2 aromatic rings. The number of nitrogens with one attached hydrogen (secondary N) is 1. The fraction of sp³-hybridized carbons (Fsp3) is 0.478. The zero-order valence-corrected chi connectivity index (χ0v) is 18.1. The molecule has 29 heavy (non-hydrogen) atoms. The van der Waals surface area contributed by atoms with Crippen molar-refractivity contribution in [3.63, 3.8) is 0 Å². The molecule has 0 unspecified atom stereocenters. The second-order valence-electron chi connectivity index (χ2n) is 7.31. The summed E-state index contributed by atoms with van der Waals surface area (Å²) in [5.74, 6) is 1.25. The van der Waals surface area contributed by atoms with E-state index in [1.54, 1.807) is 7.11 Å². The van der Waals surface area contributed by atoms with E-state index in [4.69, 9.17) is 25.8 Å². The van der Waals surface area contributed by atoms with E-state index in [1.807, 2.05) is 24.3 Å². The molecule has 1 heterocycles.